The third kappa shape index (κ3) is 8.23. The zero-order valence-corrected chi connectivity index (χ0v) is 11.7. The van der Waals surface area contributed by atoms with E-state index in [4.69, 9.17) is 30.3 Å². The van der Waals surface area contributed by atoms with Gasteiger partial charge in [0.1, 0.15) is 0 Å². The van der Waals surface area contributed by atoms with Crippen LogP contribution in [0.3, 0.4) is 0 Å². The van der Waals surface area contributed by atoms with E-state index in [1.54, 1.807) is 0 Å². The van der Waals surface area contributed by atoms with Gasteiger partial charge in [-0.1, -0.05) is 37.3 Å². The maximum absolute atomic E-state index is 9.10. The summed E-state index contributed by atoms with van der Waals surface area (Å²) < 4.78 is 5.66. The van der Waals surface area contributed by atoms with Gasteiger partial charge in [0, 0.05) is 6.04 Å². The first-order valence-electron chi connectivity index (χ1n) is 6.25. The van der Waals surface area contributed by atoms with Gasteiger partial charge in [-0.15, -0.1) is 0 Å². The van der Waals surface area contributed by atoms with E-state index < -0.39 is 11.9 Å². The summed E-state index contributed by atoms with van der Waals surface area (Å²) in [5.74, 6) is -3.65. The molecule has 0 aliphatic heterocycles. The van der Waals surface area contributed by atoms with Gasteiger partial charge in [-0.3, -0.25) is 0 Å². The second kappa shape index (κ2) is 9.94. The number of nitrogens with two attached hydrogens (primary N) is 1. The Kier molecular flexibility index (Phi) is 8.98. The van der Waals surface area contributed by atoms with Crippen molar-refractivity contribution in [2.45, 2.75) is 39.0 Å². The summed E-state index contributed by atoms with van der Waals surface area (Å²) in [5, 5.41) is 14.8. The summed E-state index contributed by atoms with van der Waals surface area (Å²) >= 11 is 0. The summed E-state index contributed by atoms with van der Waals surface area (Å²) in [6.45, 7) is 4.75. The van der Waals surface area contributed by atoms with Crippen molar-refractivity contribution in [1.29, 1.82) is 0 Å². The van der Waals surface area contributed by atoms with E-state index in [1.165, 1.54) is 5.56 Å². The molecule has 0 aliphatic rings. The van der Waals surface area contributed by atoms with Crippen molar-refractivity contribution in [1.82, 2.24) is 0 Å². The maximum atomic E-state index is 9.10. The predicted octanol–water partition coefficient (Wildman–Crippen LogP) is 1.48. The van der Waals surface area contributed by atoms with Gasteiger partial charge in [-0.05, 0) is 18.9 Å². The summed E-state index contributed by atoms with van der Waals surface area (Å²) in [5.41, 5.74) is 7.05. The number of hydrogen-bond donors (Lipinski definition) is 3. The van der Waals surface area contributed by atoms with Gasteiger partial charge in [0.25, 0.3) is 0 Å². The molecule has 2 atom stereocenters. The van der Waals surface area contributed by atoms with Crippen LogP contribution >= 0.6 is 0 Å². The Labute approximate surface area is 118 Å². The largest absolute Gasteiger partial charge is 0.473 e. The van der Waals surface area contributed by atoms with Gasteiger partial charge >= 0.3 is 11.9 Å². The highest BCUT2D eigenvalue weighted by Crippen LogP contribution is 2.06. The normalized spacial score (nSPS) is 12.8. The van der Waals surface area contributed by atoms with Crippen LogP contribution in [0.1, 0.15) is 25.8 Å². The monoisotopic (exact) mass is 283 g/mol. The molecule has 6 heteroatoms. The van der Waals surface area contributed by atoms with Crippen molar-refractivity contribution in [2.75, 3.05) is 0 Å². The van der Waals surface area contributed by atoms with Crippen LogP contribution in [-0.2, 0) is 20.9 Å². The molecule has 20 heavy (non-hydrogen) atoms. The van der Waals surface area contributed by atoms with Crippen LogP contribution in [0, 0.1) is 0 Å². The fourth-order valence-corrected chi connectivity index (χ4v) is 1.26. The molecule has 1 rings (SSSR count). The number of benzene rings is 1. The molecule has 0 aromatic heterocycles. The van der Waals surface area contributed by atoms with Crippen LogP contribution in [0.15, 0.2) is 30.3 Å². The summed E-state index contributed by atoms with van der Waals surface area (Å²) in [6.07, 6.45) is 1.08. The Morgan fingerprint density at radius 3 is 2.10 bits per heavy atom. The highest BCUT2D eigenvalue weighted by molar-refractivity contribution is 6.27. The number of rotatable bonds is 5. The van der Waals surface area contributed by atoms with E-state index in [2.05, 4.69) is 19.1 Å². The van der Waals surface area contributed by atoms with Gasteiger partial charge in [-0.2, -0.15) is 0 Å². The predicted molar refractivity (Wildman–Crippen MR) is 74.2 cm³/mol. The lowest BCUT2D eigenvalue weighted by atomic mass is 10.1. The van der Waals surface area contributed by atoms with E-state index in [-0.39, 0.29) is 12.1 Å². The minimum atomic E-state index is -1.82. The number of hydrogen-bond acceptors (Lipinski definition) is 4. The zero-order valence-electron chi connectivity index (χ0n) is 11.7. The molecule has 112 valence electrons. The Bertz CT molecular complexity index is 395. The Morgan fingerprint density at radius 1 is 1.20 bits per heavy atom. The van der Waals surface area contributed by atoms with Crippen LogP contribution in [0.25, 0.3) is 0 Å². The van der Waals surface area contributed by atoms with E-state index in [0.29, 0.717) is 6.61 Å². The Hall–Kier alpha value is -1.92. The Balaban J connectivity index is 0.000000511. The smallest absolute Gasteiger partial charge is 0.414 e. The molecule has 0 fully saturated rings. The number of ether oxygens (including phenoxy) is 1. The minimum absolute atomic E-state index is 0.125. The molecule has 0 bridgehead atoms. The molecule has 0 amide bonds. The molecule has 1 aromatic rings. The Morgan fingerprint density at radius 2 is 1.70 bits per heavy atom. The van der Waals surface area contributed by atoms with E-state index >= 15 is 0 Å². The van der Waals surface area contributed by atoms with Crippen molar-refractivity contribution in [3.05, 3.63) is 35.9 Å². The van der Waals surface area contributed by atoms with Gasteiger partial charge < -0.3 is 20.7 Å². The van der Waals surface area contributed by atoms with Crippen molar-refractivity contribution in [2.24, 2.45) is 5.73 Å². The highest BCUT2D eigenvalue weighted by atomic mass is 16.5. The molecule has 0 saturated heterocycles. The molecule has 1 aromatic carbocycles. The first-order chi connectivity index (χ1) is 9.38. The first kappa shape index (κ1) is 18.1. The molecule has 1 unspecified atom stereocenters. The third-order valence-electron chi connectivity index (χ3n) is 2.61. The van der Waals surface area contributed by atoms with E-state index in [1.807, 2.05) is 25.1 Å². The minimum Gasteiger partial charge on any atom is -0.473 e. The summed E-state index contributed by atoms with van der Waals surface area (Å²) in [4.78, 5) is 18.2. The number of carboxylic acids is 2. The van der Waals surface area contributed by atoms with Crippen LogP contribution in [0.4, 0.5) is 0 Å². The number of carbonyl (C=O) groups is 2. The molecular weight excluding hydrogens is 262 g/mol. The molecular formula is C14H21NO5. The SMILES string of the molecule is CCC(N)[C@H](C)OCc1ccccc1.O=C(O)C(=O)O. The van der Waals surface area contributed by atoms with Gasteiger partial charge in [0.15, 0.2) is 0 Å². The molecule has 4 N–H and O–H groups in total. The van der Waals surface area contributed by atoms with Crippen molar-refractivity contribution >= 4 is 11.9 Å². The molecule has 6 nitrogen and oxygen atoms in total. The number of carboxylic acid groups (broad SMARTS) is 2. The fourth-order valence-electron chi connectivity index (χ4n) is 1.26. The lowest BCUT2D eigenvalue weighted by Gasteiger charge is -2.18. The molecule has 0 saturated carbocycles. The number of aliphatic carboxylic acids is 2. The quantitative estimate of drug-likeness (QED) is 0.706. The average molecular weight is 283 g/mol. The van der Waals surface area contributed by atoms with Crippen molar-refractivity contribution in [3.8, 4) is 0 Å². The maximum Gasteiger partial charge on any atom is 0.414 e. The average Bonchev–Trinajstić information content (AvgIpc) is 2.45. The summed E-state index contributed by atoms with van der Waals surface area (Å²) in [6, 6.07) is 10.3. The second-order valence-corrected chi connectivity index (χ2v) is 4.18. The molecule has 0 radical (unpaired) electrons. The molecule has 0 heterocycles. The highest BCUT2D eigenvalue weighted by Gasteiger charge is 2.10. The fraction of sp³-hybridized carbons (Fsp3) is 0.429. The van der Waals surface area contributed by atoms with E-state index in [9.17, 15) is 0 Å². The molecule has 0 spiro atoms. The van der Waals surface area contributed by atoms with E-state index in [0.717, 1.165) is 6.42 Å². The van der Waals surface area contributed by atoms with Gasteiger partial charge in [0.05, 0.1) is 12.7 Å². The van der Waals surface area contributed by atoms with Crippen molar-refractivity contribution in [3.63, 3.8) is 0 Å². The standard InChI is InChI=1S/C12H19NO.C2H2O4/c1-3-12(13)10(2)14-9-11-7-5-4-6-8-11;3-1(4)2(5)6/h4-8,10,12H,3,9,13H2,1-2H3;(H,3,4)(H,5,6)/t10-,12?;/m0./s1. The second-order valence-electron chi connectivity index (χ2n) is 4.18. The third-order valence-corrected chi connectivity index (χ3v) is 2.61. The first-order valence-corrected chi connectivity index (χ1v) is 6.25. The van der Waals surface area contributed by atoms with Gasteiger partial charge in [0.2, 0.25) is 0 Å². The van der Waals surface area contributed by atoms with Crippen LogP contribution in [0.5, 0.6) is 0 Å². The van der Waals surface area contributed by atoms with Crippen LogP contribution in [-0.4, -0.2) is 34.3 Å². The van der Waals surface area contributed by atoms with Crippen LogP contribution in [0.2, 0.25) is 0 Å². The van der Waals surface area contributed by atoms with Crippen LogP contribution < -0.4 is 5.73 Å². The zero-order chi connectivity index (χ0) is 15.5. The van der Waals surface area contributed by atoms with Crippen molar-refractivity contribution < 1.29 is 24.5 Å². The topological polar surface area (TPSA) is 110 Å². The van der Waals surface area contributed by atoms with Gasteiger partial charge in [-0.25, -0.2) is 9.59 Å². The lowest BCUT2D eigenvalue weighted by Crippen LogP contribution is -2.33. The lowest BCUT2D eigenvalue weighted by molar-refractivity contribution is -0.159. The summed E-state index contributed by atoms with van der Waals surface area (Å²) in [7, 11) is 0. The molecule has 0 aliphatic carbocycles.